The van der Waals surface area contributed by atoms with Crippen molar-refractivity contribution in [1.82, 2.24) is 9.97 Å². The Hall–Kier alpha value is -3.16. The molecule has 1 fully saturated rings. The standard InChI is InChI=1S/C20H23N5O3/c1-12-10-25(18(26)15-16(21)23-11-24-17(15)28-12)14-6-4-13(5-7-14)20(19(22)27)8-2-3-9-20/h4-7,11-12H,2-3,8-10H2,1H3,(H2,22,27)(H2,21,23,24). The van der Waals surface area contributed by atoms with Crippen LogP contribution in [0.5, 0.6) is 5.88 Å². The van der Waals surface area contributed by atoms with Crippen LogP contribution in [0, 0.1) is 0 Å². The summed E-state index contributed by atoms with van der Waals surface area (Å²) in [6.07, 6.45) is 4.50. The Morgan fingerprint density at radius 3 is 2.54 bits per heavy atom. The number of nitrogens with zero attached hydrogens (tertiary/aromatic N) is 3. The molecular formula is C20H23N5O3. The molecule has 0 radical (unpaired) electrons. The molecule has 4 N–H and O–H groups in total. The van der Waals surface area contributed by atoms with Crippen LogP contribution in [0.25, 0.3) is 0 Å². The summed E-state index contributed by atoms with van der Waals surface area (Å²) in [4.78, 5) is 34.8. The van der Waals surface area contributed by atoms with Gasteiger partial charge in [0.05, 0.1) is 12.0 Å². The van der Waals surface area contributed by atoms with Gasteiger partial charge in [-0.15, -0.1) is 0 Å². The molecule has 146 valence electrons. The summed E-state index contributed by atoms with van der Waals surface area (Å²) in [5.74, 6) is -0.313. The number of ether oxygens (including phenoxy) is 1. The van der Waals surface area contributed by atoms with Gasteiger partial charge in [-0.05, 0) is 37.5 Å². The first-order chi connectivity index (χ1) is 13.4. The molecule has 2 aromatic rings. The molecule has 1 atom stereocenters. The third-order valence-electron chi connectivity index (χ3n) is 5.71. The number of hydrogen-bond acceptors (Lipinski definition) is 6. The van der Waals surface area contributed by atoms with Gasteiger partial charge in [0.25, 0.3) is 5.91 Å². The summed E-state index contributed by atoms with van der Waals surface area (Å²) in [5.41, 5.74) is 12.8. The molecule has 8 heteroatoms. The van der Waals surface area contributed by atoms with Crippen LogP contribution < -0.4 is 21.1 Å². The van der Waals surface area contributed by atoms with E-state index in [0.29, 0.717) is 12.2 Å². The summed E-state index contributed by atoms with van der Waals surface area (Å²) in [6.45, 7) is 2.21. The number of anilines is 2. The molecule has 1 saturated carbocycles. The number of benzene rings is 1. The van der Waals surface area contributed by atoms with Gasteiger partial charge in [-0.2, -0.15) is 0 Å². The smallest absolute Gasteiger partial charge is 0.267 e. The fraction of sp³-hybridized carbons (Fsp3) is 0.400. The maximum absolute atomic E-state index is 13.1. The molecule has 8 nitrogen and oxygen atoms in total. The Bertz CT molecular complexity index is 922. The second kappa shape index (κ2) is 6.78. The number of primary amides is 1. The van der Waals surface area contributed by atoms with Gasteiger partial charge in [-0.1, -0.05) is 25.0 Å². The Morgan fingerprint density at radius 1 is 1.21 bits per heavy atom. The third kappa shape index (κ3) is 2.85. The predicted molar refractivity (Wildman–Crippen MR) is 104 cm³/mol. The molecule has 28 heavy (non-hydrogen) atoms. The van der Waals surface area contributed by atoms with E-state index in [1.54, 1.807) is 4.90 Å². The van der Waals surface area contributed by atoms with E-state index in [4.69, 9.17) is 16.2 Å². The average molecular weight is 381 g/mol. The number of fused-ring (bicyclic) bond motifs is 1. The number of nitrogen functional groups attached to an aromatic ring is 1. The molecule has 0 bridgehead atoms. The lowest BCUT2D eigenvalue weighted by Crippen LogP contribution is -2.39. The van der Waals surface area contributed by atoms with E-state index in [9.17, 15) is 9.59 Å². The molecule has 2 heterocycles. The van der Waals surface area contributed by atoms with Crippen LogP contribution >= 0.6 is 0 Å². The van der Waals surface area contributed by atoms with Crippen molar-refractivity contribution in [2.24, 2.45) is 5.73 Å². The van der Waals surface area contributed by atoms with E-state index in [2.05, 4.69) is 9.97 Å². The van der Waals surface area contributed by atoms with Crippen molar-refractivity contribution in [3.63, 3.8) is 0 Å². The molecule has 1 aliphatic carbocycles. The van der Waals surface area contributed by atoms with Crippen molar-refractivity contribution in [2.75, 3.05) is 17.2 Å². The molecule has 0 spiro atoms. The first-order valence-corrected chi connectivity index (χ1v) is 9.42. The van der Waals surface area contributed by atoms with Gasteiger partial charge in [-0.25, -0.2) is 9.97 Å². The third-order valence-corrected chi connectivity index (χ3v) is 5.71. The van der Waals surface area contributed by atoms with Gasteiger partial charge < -0.3 is 21.1 Å². The number of nitrogens with two attached hydrogens (primary N) is 2. The quantitative estimate of drug-likeness (QED) is 0.835. The van der Waals surface area contributed by atoms with Crippen LogP contribution in [-0.2, 0) is 10.2 Å². The Balaban J connectivity index is 1.70. The van der Waals surface area contributed by atoms with Crippen molar-refractivity contribution in [1.29, 1.82) is 0 Å². The van der Waals surface area contributed by atoms with Crippen molar-refractivity contribution < 1.29 is 14.3 Å². The number of carbonyl (C=O) groups excluding carboxylic acids is 2. The predicted octanol–water partition coefficient (Wildman–Crippen LogP) is 1.78. The summed E-state index contributed by atoms with van der Waals surface area (Å²) in [5, 5.41) is 0. The first kappa shape index (κ1) is 18.2. The van der Waals surface area contributed by atoms with Gasteiger partial charge >= 0.3 is 0 Å². The highest BCUT2D eigenvalue weighted by Gasteiger charge is 2.41. The molecule has 1 aromatic carbocycles. The highest BCUT2D eigenvalue weighted by Crippen LogP contribution is 2.41. The van der Waals surface area contributed by atoms with Gasteiger partial charge in [-0.3, -0.25) is 9.59 Å². The monoisotopic (exact) mass is 381 g/mol. The van der Waals surface area contributed by atoms with Gasteiger partial charge in [0.2, 0.25) is 11.8 Å². The normalized spacial score (nSPS) is 21.0. The lowest BCUT2D eigenvalue weighted by molar-refractivity contribution is -0.123. The second-order valence-corrected chi connectivity index (χ2v) is 7.48. The van der Waals surface area contributed by atoms with Crippen LogP contribution in [0.3, 0.4) is 0 Å². The summed E-state index contributed by atoms with van der Waals surface area (Å²) in [7, 11) is 0. The van der Waals surface area contributed by atoms with E-state index in [1.165, 1.54) is 6.33 Å². The van der Waals surface area contributed by atoms with Gasteiger partial charge in [0.1, 0.15) is 23.8 Å². The lowest BCUT2D eigenvalue weighted by atomic mass is 9.78. The molecule has 0 saturated heterocycles. The number of hydrogen-bond donors (Lipinski definition) is 2. The fourth-order valence-corrected chi connectivity index (χ4v) is 4.21. The van der Waals surface area contributed by atoms with Crippen molar-refractivity contribution >= 4 is 23.3 Å². The van der Waals surface area contributed by atoms with Crippen molar-refractivity contribution in [3.05, 3.63) is 41.7 Å². The summed E-state index contributed by atoms with van der Waals surface area (Å²) < 4.78 is 5.76. The Morgan fingerprint density at radius 2 is 1.89 bits per heavy atom. The molecule has 1 aromatic heterocycles. The maximum atomic E-state index is 13.1. The van der Waals surface area contributed by atoms with Crippen molar-refractivity contribution in [3.8, 4) is 5.88 Å². The highest BCUT2D eigenvalue weighted by atomic mass is 16.5. The maximum Gasteiger partial charge on any atom is 0.267 e. The number of amides is 2. The molecule has 4 rings (SSSR count). The van der Waals surface area contributed by atoms with E-state index in [-0.39, 0.29) is 35.2 Å². The minimum atomic E-state index is -0.609. The Kier molecular flexibility index (Phi) is 4.41. The number of aromatic nitrogens is 2. The van der Waals surface area contributed by atoms with Crippen LogP contribution in [0.15, 0.2) is 30.6 Å². The minimum Gasteiger partial charge on any atom is -0.472 e. The van der Waals surface area contributed by atoms with E-state index in [0.717, 1.165) is 31.2 Å². The van der Waals surface area contributed by atoms with Crippen LogP contribution in [-0.4, -0.2) is 34.4 Å². The SMILES string of the molecule is CC1CN(c2ccc(C3(C(N)=O)CCCC3)cc2)C(=O)c2c(N)ncnc2O1. The number of rotatable bonds is 3. The zero-order valence-corrected chi connectivity index (χ0v) is 15.7. The van der Waals surface area contributed by atoms with E-state index >= 15 is 0 Å². The first-order valence-electron chi connectivity index (χ1n) is 9.42. The lowest BCUT2D eigenvalue weighted by Gasteiger charge is -2.27. The van der Waals surface area contributed by atoms with Crippen molar-refractivity contribution in [2.45, 2.75) is 44.1 Å². The molecule has 1 aliphatic heterocycles. The molecule has 2 aliphatic rings. The number of carbonyl (C=O) groups is 2. The largest absolute Gasteiger partial charge is 0.472 e. The molecule has 1 unspecified atom stereocenters. The molecule has 2 amide bonds. The fourth-order valence-electron chi connectivity index (χ4n) is 4.21. The Labute approximate surface area is 162 Å². The second-order valence-electron chi connectivity index (χ2n) is 7.48. The van der Waals surface area contributed by atoms with Gasteiger partial charge in [0, 0.05) is 5.69 Å². The molecular weight excluding hydrogens is 358 g/mol. The van der Waals surface area contributed by atoms with Gasteiger partial charge in [0.15, 0.2) is 0 Å². The van der Waals surface area contributed by atoms with Crippen LogP contribution in [0.1, 0.15) is 48.5 Å². The van der Waals surface area contributed by atoms with E-state index < -0.39 is 5.41 Å². The topological polar surface area (TPSA) is 124 Å². The van der Waals surface area contributed by atoms with E-state index in [1.807, 2.05) is 31.2 Å². The minimum absolute atomic E-state index is 0.0874. The zero-order chi connectivity index (χ0) is 19.9. The van der Waals surface area contributed by atoms with Crippen LogP contribution in [0.2, 0.25) is 0 Å². The summed E-state index contributed by atoms with van der Waals surface area (Å²) in [6, 6.07) is 7.46. The zero-order valence-electron chi connectivity index (χ0n) is 15.7. The summed E-state index contributed by atoms with van der Waals surface area (Å²) >= 11 is 0. The van der Waals surface area contributed by atoms with Crippen LogP contribution in [0.4, 0.5) is 11.5 Å². The highest BCUT2D eigenvalue weighted by molar-refractivity contribution is 6.10. The average Bonchev–Trinajstić information content (AvgIpc) is 3.13.